The Morgan fingerprint density at radius 1 is 0.504 bits per heavy atom. The molecule has 0 radical (unpaired) electrons. The molecule has 7 aliphatic rings. The second-order valence-corrected chi connectivity index (χ2v) is 38.9. The number of cyclic esters (lactones) is 1. The van der Waals surface area contributed by atoms with Gasteiger partial charge in [0.2, 0.25) is 22.9 Å². The lowest BCUT2D eigenvalue weighted by Gasteiger charge is -2.35. The average molecular weight is 1890 g/mol. The van der Waals surface area contributed by atoms with Gasteiger partial charge >= 0.3 is 53.1 Å². The summed E-state index contributed by atoms with van der Waals surface area (Å²) in [5.74, 6) is -19.5. The number of aromatic nitrogens is 4. The number of carbonyl (C=O) groups excluding carboxylic acids is 14. The first-order valence-corrected chi connectivity index (χ1v) is 44.1. The topological polar surface area (TPSA) is 494 Å². The third-order valence-electron chi connectivity index (χ3n) is 20.6. The lowest BCUT2D eigenvalue weighted by atomic mass is 9.97. The summed E-state index contributed by atoms with van der Waals surface area (Å²) in [5.41, 5.74) is -5.89. The minimum Gasteiger partial charge on any atom is -0.480 e. The molecule has 5 atom stereocenters. The van der Waals surface area contributed by atoms with Crippen molar-refractivity contribution in [2.45, 2.75) is 213 Å². The molecule has 4 aromatic heterocycles. The van der Waals surface area contributed by atoms with Crippen molar-refractivity contribution in [3.8, 4) is 23.3 Å². The minimum absolute atomic E-state index is 0.0413. The van der Waals surface area contributed by atoms with E-state index in [1.54, 1.807) is 163 Å². The van der Waals surface area contributed by atoms with E-state index < -0.39 is 183 Å². The molecule has 135 heavy (non-hydrogen) atoms. The van der Waals surface area contributed by atoms with Gasteiger partial charge in [-0.05, 0) is 125 Å². The molecule has 39 nitrogen and oxygen atoms in total. The van der Waals surface area contributed by atoms with Gasteiger partial charge in [0.05, 0.1) is 52.6 Å². The number of thiazole rings is 2. The van der Waals surface area contributed by atoms with Crippen LogP contribution in [-0.2, 0) is 107 Å². The van der Waals surface area contributed by atoms with Crippen molar-refractivity contribution in [1.82, 2.24) is 40.3 Å². The standard InChI is InChI=1S/C47H47N5O14S.C29H24N2O9.C18H25N3O6S/c1-25-48-30(24-67-25)35(50-66-45(8,9)41(58)64-43(2,3)4)32(53)20-26-23-60-52(37(26)54)46(42(59)65-44(5,6)7)22-31(40(57)63-46)51-38(55)29-21-33-36(49-34(29)39(51)56)62-47(61-33,27-16-12-10-13-17-27)28-18-14-11-15-19-28;1-28(2,3)40-27(37)20(32)15-19(26(35)36)31-24(33)18-14-21-23(30-22(18)25(31)34)39-29(38-21,16-10-6-4-7-11-16)17-12-8-5-9-13-17;1-10-19-12(9-28-10)14(13(22)7-11-8-25-21-15(11)23)20-27-18(5,6)16(24)26-17(2,3)4/h10-19,21,24,26,31H,20,22-23H2,1-9H3;4-14,19H,15H2,1-3H3,(H,35,36);9,11H,7-8H2,1-6H3,(H,21,23)/b50-35-;;20-14-/t26-,31-,46?;19-;11-/m000/s1. The molecule has 708 valence electrons. The van der Waals surface area contributed by atoms with E-state index in [0.29, 0.717) is 47.8 Å². The number of ether oxygens (including phenoxy) is 9. The van der Waals surface area contributed by atoms with Crippen LogP contribution in [0.1, 0.15) is 222 Å². The van der Waals surface area contributed by atoms with Crippen molar-refractivity contribution >= 4 is 123 Å². The van der Waals surface area contributed by atoms with E-state index in [1.807, 2.05) is 24.3 Å². The maximum Gasteiger partial charge on any atom is 0.375 e. The van der Waals surface area contributed by atoms with Crippen LogP contribution in [0, 0.1) is 25.7 Å². The number of esters is 5. The smallest absolute Gasteiger partial charge is 0.375 e. The van der Waals surface area contributed by atoms with Crippen LogP contribution < -0.4 is 24.4 Å². The molecule has 0 aliphatic carbocycles. The lowest BCUT2D eigenvalue weighted by Crippen LogP contribution is -2.57. The number of ketones is 3. The molecule has 0 bridgehead atoms. The van der Waals surface area contributed by atoms with Gasteiger partial charge in [-0.15, -0.1) is 22.7 Å². The quantitative estimate of drug-likeness (QED) is 0.0127. The first-order chi connectivity index (χ1) is 63.2. The van der Waals surface area contributed by atoms with Gasteiger partial charge in [0.15, 0.2) is 34.5 Å². The molecule has 3 fully saturated rings. The van der Waals surface area contributed by atoms with Crippen LogP contribution in [0.25, 0.3) is 0 Å². The lowest BCUT2D eigenvalue weighted by molar-refractivity contribution is -0.263. The number of hydrogen-bond acceptors (Lipinski definition) is 36. The highest BCUT2D eigenvalue weighted by Gasteiger charge is 2.67. The Balaban J connectivity index is 0.000000191. The predicted octanol–water partition coefficient (Wildman–Crippen LogP) is 10.4. The van der Waals surface area contributed by atoms with Crippen LogP contribution in [0.3, 0.4) is 0 Å². The molecule has 41 heteroatoms. The molecule has 3 saturated heterocycles. The molecule has 0 saturated carbocycles. The first-order valence-electron chi connectivity index (χ1n) is 42.3. The van der Waals surface area contributed by atoms with E-state index in [-0.39, 0.29) is 81.8 Å². The number of carbonyl (C=O) groups is 15. The Morgan fingerprint density at radius 2 is 0.919 bits per heavy atom. The van der Waals surface area contributed by atoms with Crippen molar-refractivity contribution in [3.63, 3.8) is 0 Å². The number of carboxylic acids is 1. The van der Waals surface area contributed by atoms with E-state index in [0.717, 1.165) is 5.01 Å². The van der Waals surface area contributed by atoms with Gasteiger partial charge in [-0.25, -0.2) is 54.2 Å². The van der Waals surface area contributed by atoms with E-state index in [4.69, 9.17) is 62.0 Å². The highest BCUT2D eigenvalue weighted by Crippen LogP contribution is 2.52. The number of Topliss-reactive ketones (excluding diaryl/α,β-unsaturated/α-hetero) is 3. The Bertz CT molecular complexity index is 5990. The number of pyridine rings is 2. The number of fused-ring (bicyclic) bond motifs is 4. The highest BCUT2D eigenvalue weighted by molar-refractivity contribution is 7.10. The molecule has 7 aliphatic heterocycles. The number of benzene rings is 4. The molecule has 2 N–H and O–H groups in total. The van der Waals surface area contributed by atoms with E-state index in [9.17, 15) is 77.0 Å². The Morgan fingerprint density at radius 3 is 1.31 bits per heavy atom. The summed E-state index contributed by atoms with van der Waals surface area (Å²) < 4.78 is 52.4. The first kappa shape index (κ1) is 98.1. The number of oxime groups is 2. The number of aryl methyl sites for hydroxylation is 2. The predicted molar refractivity (Wildman–Crippen MR) is 471 cm³/mol. The number of carboxylic acid groups (broad SMARTS) is 1. The molecule has 0 spiro atoms. The molecular formula is C94H96N10O29S2. The number of rotatable bonds is 26. The zero-order valence-corrected chi connectivity index (χ0v) is 78.3. The molecular weight excluding hydrogens is 1800 g/mol. The van der Waals surface area contributed by atoms with Crippen LogP contribution in [0.5, 0.6) is 23.3 Å². The van der Waals surface area contributed by atoms with Gasteiger partial charge in [-0.2, -0.15) is 5.06 Å². The monoisotopic (exact) mass is 1890 g/mol. The number of nitrogens with zero attached hydrogens (tertiary/aromatic N) is 9. The van der Waals surface area contributed by atoms with Crippen molar-refractivity contribution in [2.24, 2.45) is 22.1 Å². The van der Waals surface area contributed by atoms with Crippen LogP contribution in [0.4, 0.5) is 0 Å². The fourth-order valence-electron chi connectivity index (χ4n) is 14.3. The van der Waals surface area contributed by atoms with Crippen molar-refractivity contribution in [1.29, 1.82) is 0 Å². The SMILES string of the molecule is CC(C)(C)OC(=O)C(=O)C[C@@H](C(=O)O)N1C(=O)c2cc3c(nc2C1=O)OC(c1ccccc1)(c1ccccc1)O3.Cc1nc(/C(=N/OC(C)(C)C(=O)OC(C)(C)C)C(=O)C[C@H]2CON(C3(C(=O)OC(C)(C)C)C[C@H](N4C(=O)c5cc6c(nc5C4=O)OC(c4ccccc4)(c4ccccc4)O6)C(=O)O3)C2=O)cs1.Cc1nc(/C(=N/OC(C)(C)C(=O)OC(C)(C)C)C(=O)C[C@H]2CONC2=O)cs1. The number of hydrogen-bond donors (Lipinski definition) is 2. The summed E-state index contributed by atoms with van der Waals surface area (Å²) in [6.07, 6.45) is -2.46. The average Bonchev–Trinajstić information content (AvgIpc) is 1.57. The van der Waals surface area contributed by atoms with Crippen LogP contribution in [0.2, 0.25) is 0 Å². The number of imide groups is 2. The maximum absolute atomic E-state index is 14.3. The van der Waals surface area contributed by atoms with Crippen molar-refractivity contribution in [3.05, 3.63) is 210 Å². The zero-order chi connectivity index (χ0) is 98.4. The summed E-state index contributed by atoms with van der Waals surface area (Å²) in [6.45, 7) is 28.4. The van der Waals surface area contributed by atoms with Crippen LogP contribution in [-0.4, -0.2) is 205 Å². The molecule has 8 aromatic rings. The highest BCUT2D eigenvalue weighted by atomic mass is 32.1. The summed E-state index contributed by atoms with van der Waals surface area (Å²) >= 11 is 2.56. The van der Waals surface area contributed by atoms with Crippen LogP contribution in [0.15, 0.2) is 155 Å². The largest absolute Gasteiger partial charge is 0.480 e. The summed E-state index contributed by atoms with van der Waals surface area (Å²) in [7, 11) is 0. The van der Waals surface area contributed by atoms with Gasteiger partial charge in [0.25, 0.3) is 41.3 Å². The van der Waals surface area contributed by atoms with E-state index in [1.165, 1.54) is 104 Å². The second kappa shape index (κ2) is 37.5. The normalized spacial score (nSPS) is 19.1. The fraction of sp³-hybridized carbons (Fsp3) is 0.394. The molecule has 4 aromatic carbocycles. The van der Waals surface area contributed by atoms with Gasteiger partial charge in [-0.3, -0.25) is 62.6 Å². The number of hydroxylamine groups is 3. The van der Waals surface area contributed by atoms with Gasteiger partial charge in [-0.1, -0.05) is 132 Å². The summed E-state index contributed by atoms with van der Waals surface area (Å²) in [4.78, 5) is 238. The second-order valence-electron chi connectivity index (χ2n) is 36.8. The third-order valence-corrected chi connectivity index (χ3v) is 22.2. The van der Waals surface area contributed by atoms with Crippen molar-refractivity contribution < 1.29 is 139 Å². The fourth-order valence-corrected chi connectivity index (χ4v) is 15.5. The minimum atomic E-state index is -2.67. The van der Waals surface area contributed by atoms with Gasteiger partial charge in [0.1, 0.15) is 57.3 Å². The summed E-state index contributed by atoms with van der Waals surface area (Å²) in [5, 5.41) is 22.8. The Hall–Kier alpha value is -14.5. The van der Waals surface area contributed by atoms with Crippen molar-refractivity contribution in [2.75, 3.05) is 13.2 Å². The third kappa shape index (κ3) is 21.0. The van der Waals surface area contributed by atoms with Gasteiger partial charge in [0, 0.05) is 64.4 Å². The number of aliphatic carboxylic acids is 1. The number of amides is 6. The number of nitrogens with one attached hydrogen (secondary N) is 1. The Kier molecular flexibility index (Phi) is 27.3. The molecule has 1 unspecified atom stereocenters. The molecule has 6 amide bonds. The van der Waals surface area contributed by atoms with Gasteiger partial charge < -0.3 is 57.4 Å². The zero-order valence-electron chi connectivity index (χ0n) is 76.6. The Labute approximate surface area is 780 Å². The molecule has 15 rings (SSSR count). The molecule has 11 heterocycles. The van der Waals surface area contributed by atoms with E-state index >= 15 is 0 Å². The van der Waals surface area contributed by atoms with Crippen LogP contribution >= 0.6 is 22.7 Å². The summed E-state index contributed by atoms with van der Waals surface area (Å²) in [6, 6.07) is 34.9. The van der Waals surface area contributed by atoms with E-state index in [2.05, 4.69) is 35.7 Å². The maximum atomic E-state index is 14.3.